The van der Waals surface area contributed by atoms with E-state index >= 15 is 0 Å². The van der Waals surface area contributed by atoms with E-state index in [9.17, 15) is 20.1 Å². The van der Waals surface area contributed by atoms with Gasteiger partial charge in [0, 0.05) is 11.1 Å². The van der Waals surface area contributed by atoms with Crippen LogP contribution in [0.2, 0.25) is 0 Å². The van der Waals surface area contributed by atoms with Crippen LogP contribution in [-0.4, -0.2) is 24.7 Å². The Morgan fingerprint density at radius 1 is 1.30 bits per heavy atom. The first-order valence-corrected chi connectivity index (χ1v) is 10.8. The van der Waals surface area contributed by atoms with Gasteiger partial charge in [-0.15, -0.1) is 0 Å². The molecule has 1 spiro atoms. The van der Waals surface area contributed by atoms with E-state index in [1.165, 1.54) is 0 Å². The van der Waals surface area contributed by atoms with Crippen molar-refractivity contribution in [3.05, 3.63) is 34.9 Å². The maximum atomic E-state index is 12.6. The minimum atomic E-state index is -0.878. The summed E-state index contributed by atoms with van der Waals surface area (Å²) in [4.78, 5) is 25.0. The minimum Gasteiger partial charge on any atom is -0.497 e. The van der Waals surface area contributed by atoms with Crippen molar-refractivity contribution in [3.8, 4) is 17.9 Å². The SMILES string of the molecule is COc1ccc(NC(=O)CSC2=C(C#N)C3(CCC(C)CC3)C(C#N)C(=O)N2)cc1. The molecule has 1 unspecified atom stereocenters. The number of allylic oxidation sites excluding steroid dienone is 1. The second-order valence-electron chi connectivity index (χ2n) is 7.77. The van der Waals surface area contributed by atoms with Crippen LogP contribution in [0.25, 0.3) is 0 Å². The highest BCUT2D eigenvalue weighted by atomic mass is 32.2. The van der Waals surface area contributed by atoms with Gasteiger partial charge in [0.25, 0.3) is 0 Å². The molecule has 1 aliphatic carbocycles. The zero-order valence-electron chi connectivity index (χ0n) is 17.0. The molecule has 1 saturated carbocycles. The molecule has 8 heteroatoms. The molecule has 2 aliphatic rings. The van der Waals surface area contributed by atoms with E-state index in [-0.39, 0.29) is 17.6 Å². The number of hydrogen-bond acceptors (Lipinski definition) is 6. The zero-order valence-corrected chi connectivity index (χ0v) is 17.8. The molecule has 30 heavy (non-hydrogen) atoms. The third-order valence-corrected chi connectivity index (χ3v) is 6.91. The summed E-state index contributed by atoms with van der Waals surface area (Å²) in [5, 5.41) is 25.4. The molecule has 1 heterocycles. The van der Waals surface area contributed by atoms with Crippen LogP contribution in [0, 0.1) is 39.9 Å². The highest BCUT2D eigenvalue weighted by Crippen LogP contribution is 2.53. The fourth-order valence-electron chi connectivity index (χ4n) is 4.15. The van der Waals surface area contributed by atoms with Gasteiger partial charge in [0.05, 0.1) is 35.6 Å². The first kappa shape index (κ1) is 21.7. The van der Waals surface area contributed by atoms with Crippen molar-refractivity contribution in [1.29, 1.82) is 10.5 Å². The van der Waals surface area contributed by atoms with Crippen molar-refractivity contribution in [2.75, 3.05) is 18.2 Å². The largest absolute Gasteiger partial charge is 0.497 e. The Morgan fingerprint density at radius 3 is 2.53 bits per heavy atom. The lowest BCUT2D eigenvalue weighted by Gasteiger charge is -2.44. The van der Waals surface area contributed by atoms with Crippen LogP contribution in [-0.2, 0) is 9.59 Å². The van der Waals surface area contributed by atoms with Crippen LogP contribution in [0.4, 0.5) is 5.69 Å². The molecule has 0 saturated heterocycles. The Bertz CT molecular complexity index is 935. The molecule has 1 aromatic rings. The third kappa shape index (κ3) is 4.29. The standard InChI is InChI=1S/C22H24N4O3S/c1-14-7-9-22(10-8-14)17(11-23)20(28)26-21(18(22)12-24)30-13-19(27)25-15-3-5-16(29-2)6-4-15/h3-6,14,17H,7-10,13H2,1-2H3,(H,25,27)(H,26,28). The number of anilines is 1. The highest BCUT2D eigenvalue weighted by molar-refractivity contribution is 8.03. The number of benzene rings is 1. The quantitative estimate of drug-likeness (QED) is 0.747. The van der Waals surface area contributed by atoms with Gasteiger partial charge in [-0.05, 0) is 55.9 Å². The van der Waals surface area contributed by atoms with E-state index in [0.29, 0.717) is 40.8 Å². The summed E-state index contributed by atoms with van der Waals surface area (Å²) in [5.41, 5.74) is 0.307. The van der Waals surface area contributed by atoms with Crippen LogP contribution in [0.1, 0.15) is 32.6 Å². The highest BCUT2D eigenvalue weighted by Gasteiger charge is 2.52. The van der Waals surface area contributed by atoms with Crippen molar-refractivity contribution in [3.63, 3.8) is 0 Å². The number of nitrogens with zero attached hydrogens (tertiary/aromatic N) is 2. The van der Waals surface area contributed by atoms with Gasteiger partial charge in [-0.2, -0.15) is 10.5 Å². The normalized spacial score (nSPS) is 25.8. The van der Waals surface area contributed by atoms with Gasteiger partial charge in [-0.1, -0.05) is 18.7 Å². The van der Waals surface area contributed by atoms with Crippen molar-refractivity contribution < 1.29 is 14.3 Å². The monoisotopic (exact) mass is 424 g/mol. The molecule has 0 radical (unpaired) electrons. The molecule has 1 aromatic carbocycles. The number of rotatable bonds is 5. The lowest BCUT2D eigenvalue weighted by atomic mass is 9.59. The number of methoxy groups -OCH3 is 1. The second-order valence-corrected chi connectivity index (χ2v) is 8.76. The average Bonchev–Trinajstić information content (AvgIpc) is 2.75. The van der Waals surface area contributed by atoms with Crippen LogP contribution < -0.4 is 15.4 Å². The predicted molar refractivity (Wildman–Crippen MR) is 114 cm³/mol. The summed E-state index contributed by atoms with van der Waals surface area (Å²) in [7, 11) is 1.57. The third-order valence-electron chi connectivity index (χ3n) is 5.91. The maximum absolute atomic E-state index is 12.6. The molecule has 0 aromatic heterocycles. The molecule has 1 fully saturated rings. The van der Waals surface area contributed by atoms with Crippen LogP contribution >= 0.6 is 11.8 Å². The number of carbonyl (C=O) groups is 2. The number of nitriles is 2. The molecule has 7 nitrogen and oxygen atoms in total. The summed E-state index contributed by atoms with van der Waals surface area (Å²) < 4.78 is 5.10. The molecule has 3 rings (SSSR count). The van der Waals surface area contributed by atoms with E-state index < -0.39 is 11.3 Å². The Balaban J connectivity index is 1.76. The summed E-state index contributed by atoms with van der Waals surface area (Å²) in [6.45, 7) is 2.14. The number of hydrogen-bond donors (Lipinski definition) is 2. The van der Waals surface area contributed by atoms with E-state index in [2.05, 4.69) is 29.7 Å². The van der Waals surface area contributed by atoms with Crippen LogP contribution in [0.3, 0.4) is 0 Å². The topological polar surface area (TPSA) is 115 Å². The average molecular weight is 425 g/mol. The summed E-state index contributed by atoms with van der Waals surface area (Å²) in [5.74, 6) is -0.281. The number of thioether (sulfide) groups is 1. The Morgan fingerprint density at radius 2 is 1.97 bits per heavy atom. The second kappa shape index (κ2) is 9.23. The first-order chi connectivity index (χ1) is 14.4. The van der Waals surface area contributed by atoms with Gasteiger partial charge in [-0.3, -0.25) is 9.59 Å². The van der Waals surface area contributed by atoms with Gasteiger partial charge in [0.1, 0.15) is 11.7 Å². The van der Waals surface area contributed by atoms with Gasteiger partial charge in [0.2, 0.25) is 11.8 Å². The van der Waals surface area contributed by atoms with Crippen LogP contribution in [0.15, 0.2) is 34.9 Å². The molecule has 1 aliphatic heterocycles. The number of nitrogens with one attached hydrogen (secondary N) is 2. The molecule has 2 amide bonds. The number of ether oxygens (including phenoxy) is 1. The number of amides is 2. The van der Waals surface area contributed by atoms with Crippen molar-refractivity contribution in [1.82, 2.24) is 5.32 Å². The molecule has 2 N–H and O–H groups in total. The van der Waals surface area contributed by atoms with Crippen molar-refractivity contribution in [2.24, 2.45) is 17.3 Å². The molecule has 156 valence electrons. The van der Waals surface area contributed by atoms with Crippen molar-refractivity contribution in [2.45, 2.75) is 32.6 Å². The smallest absolute Gasteiger partial charge is 0.243 e. The Labute approximate surface area is 180 Å². The van der Waals surface area contributed by atoms with Gasteiger partial charge in [-0.25, -0.2) is 0 Å². The Kier molecular flexibility index (Phi) is 6.69. The van der Waals surface area contributed by atoms with Gasteiger partial charge in [0.15, 0.2) is 0 Å². The van der Waals surface area contributed by atoms with E-state index in [0.717, 1.165) is 24.6 Å². The van der Waals surface area contributed by atoms with Gasteiger partial charge < -0.3 is 15.4 Å². The molecular formula is C22H24N4O3S. The summed E-state index contributed by atoms with van der Waals surface area (Å²) in [6, 6.07) is 11.3. The summed E-state index contributed by atoms with van der Waals surface area (Å²) >= 11 is 1.13. The fourth-order valence-corrected chi connectivity index (χ4v) is 5.06. The molecular weight excluding hydrogens is 400 g/mol. The minimum absolute atomic E-state index is 0.0382. The maximum Gasteiger partial charge on any atom is 0.243 e. The lowest BCUT2D eigenvalue weighted by molar-refractivity contribution is -0.127. The van der Waals surface area contributed by atoms with Gasteiger partial charge >= 0.3 is 0 Å². The summed E-state index contributed by atoms with van der Waals surface area (Å²) in [6.07, 6.45) is 2.99. The Hall–Kier alpha value is -2.97. The fraction of sp³-hybridized carbons (Fsp3) is 0.455. The van der Waals surface area contributed by atoms with E-state index in [4.69, 9.17) is 4.74 Å². The predicted octanol–water partition coefficient (Wildman–Crippen LogP) is 3.57. The van der Waals surface area contributed by atoms with Crippen LogP contribution in [0.5, 0.6) is 5.75 Å². The lowest BCUT2D eigenvalue weighted by Crippen LogP contribution is -2.49. The number of carbonyl (C=O) groups excluding carboxylic acids is 2. The van der Waals surface area contributed by atoms with Crippen molar-refractivity contribution >= 4 is 29.3 Å². The van der Waals surface area contributed by atoms with E-state index in [1.54, 1.807) is 31.4 Å². The van der Waals surface area contributed by atoms with E-state index in [1.807, 2.05) is 0 Å². The zero-order chi connectivity index (χ0) is 21.7. The molecule has 1 atom stereocenters. The first-order valence-electron chi connectivity index (χ1n) is 9.85. The molecule has 0 bridgehead atoms.